The van der Waals surface area contributed by atoms with Gasteiger partial charge in [-0.2, -0.15) is 0 Å². The van der Waals surface area contributed by atoms with Gasteiger partial charge in [0.25, 0.3) is 5.09 Å². The smallest absolute Gasteiger partial charge is 0.462 e. The lowest BCUT2D eigenvalue weighted by Gasteiger charge is -2.28. The molecule has 2 aromatic rings. The molecule has 0 amide bonds. The van der Waals surface area contributed by atoms with Crippen LogP contribution < -0.4 is 5.32 Å². The minimum Gasteiger partial charge on any atom is -0.462 e. The maximum Gasteiger partial charge on any atom is 0.510 e. The molecule has 0 spiro atoms. The van der Waals surface area contributed by atoms with Crippen LogP contribution in [0.1, 0.15) is 38.2 Å². The van der Waals surface area contributed by atoms with E-state index in [4.69, 9.17) is 32.7 Å². The first-order chi connectivity index (χ1) is 16.7. The number of nitrogens with one attached hydrogen (secondary N) is 1. The van der Waals surface area contributed by atoms with Crippen LogP contribution in [0.4, 0.5) is 16.2 Å². The third-order valence-electron chi connectivity index (χ3n) is 5.25. The third kappa shape index (κ3) is 8.18. The zero-order valence-electron chi connectivity index (χ0n) is 18.8. The largest absolute Gasteiger partial charge is 0.510 e. The van der Waals surface area contributed by atoms with Gasteiger partial charge in [-0.1, -0.05) is 47.5 Å². The van der Waals surface area contributed by atoms with Gasteiger partial charge in [0.15, 0.2) is 0 Å². The van der Waals surface area contributed by atoms with Crippen molar-refractivity contribution in [3.8, 4) is 0 Å². The Morgan fingerprint density at radius 2 is 1.63 bits per heavy atom. The van der Waals surface area contributed by atoms with E-state index < -0.39 is 23.6 Å². The Morgan fingerprint density at radius 3 is 2.26 bits per heavy atom. The van der Waals surface area contributed by atoms with Crippen molar-refractivity contribution in [2.45, 2.75) is 57.5 Å². The predicted molar refractivity (Wildman–Crippen MR) is 127 cm³/mol. The third-order valence-corrected chi connectivity index (χ3v) is 5.88. The minimum absolute atomic E-state index is 0.0440. The van der Waals surface area contributed by atoms with Crippen LogP contribution in [-0.4, -0.2) is 35.7 Å². The van der Waals surface area contributed by atoms with Gasteiger partial charge in [0.1, 0.15) is 12.2 Å². The number of benzene rings is 2. The van der Waals surface area contributed by atoms with Crippen molar-refractivity contribution in [1.82, 2.24) is 0 Å². The summed E-state index contributed by atoms with van der Waals surface area (Å²) in [5.41, 5.74) is 1.96. The monoisotopic (exact) mass is 526 g/mol. The fraction of sp³-hybridized carbons (Fsp3) is 0.391. The average Bonchev–Trinajstić information content (AvgIpc) is 2.78. The van der Waals surface area contributed by atoms with Crippen molar-refractivity contribution in [1.29, 1.82) is 0 Å². The van der Waals surface area contributed by atoms with Gasteiger partial charge in [0, 0.05) is 5.69 Å². The molecule has 0 aromatic heterocycles. The summed E-state index contributed by atoms with van der Waals surface area (Å²) in [6.07, 6.45) is -1.22. The van der Waals surface area contributed by atoms with E-state index in [1.807, 2.05) is 24.3 Å². The fourth-order valence-corrected chi connectivity index (χ4v) is 4.13. The molecule has 1 saturated carbocycles. The molecule has 35 heavy (non-hydrogen) atoms. The van der Waals surface area contributed by atoms with Crippen molar-refractivity contribution < 1.29 is 33.7 Å². The summed E-state index contributed by atoms with van der Waals surface area (Å²) in [5, 5.41) is 13.3. The van der Waals surface area contributed by atoms with E-state index in [0.717, 1.165) is 5.56 Å². The summed E-state index contributed by atoms with van der Waals surface area (Å²) in [5.74, 6) is -0.390. The van der Waals surface area contributed by atoms with Gasteiger partial charge in [-0.15, -0.1) is 10.1 Å². The van der Waals surface area contributed by atoms with Crippen LogP contribution in [0.5, 0.6) is 0 Å². The van der Waals surface area contributed by atoms with Crippen LogP contribution in [0, 0.1) is 10.1 Å². The number of carbonyl (C=O) groups excluding carboxylic acids is 2. The zero-order chi connectivity index (χ0) is 25.4. The van der Waals surface area contributed by atoms with Crippen LogP contribution in [-0.2, 0) is 30.3 Å². The van der Waals surface area contributed by atoms with Crippen LogP contribution in [0.2, 0.25) is 10.0 Å². The number of para-hydroxylation sites is 2. The molecular formula is C23H24Cl2N2O8. The van der Waals surface area contributed by atoms with E-state index in [2.05, 4.69) is 14.9 Å². The summed E-state index contributed by atoms with van der Waals surface area (Å²) in [7, 11) is 0. The van der Waals surface area contributed by atoms with E-state index in [9.17, 15) is 19.7 Å². The Hall–Kier alpha value is -3.24. The molecule has 0 heterocycles. The van der Waals surface area contributed by atoms with Gasteiger partial charge in [-0.05, 0) is 56.4 Å². The number of rotatable bonds is 9. The summed E-state index contributed by atoms with van der Waals surface area (Å²) < 4.78 is 15.4. The second-order valence-corrected chi connectivity index (χ2v) is 8.64. The highest BCUT2D eigenvalue weighted by molar-refractivity contribution is 6.39. The lowest BCUT2D eigenvalue weighted by Crippen LogP contribution is -2.31. The highest BCUT2D eigenvalue weighted by Crippen LogP contribution is 2.34. The second-order valence-electron chi connectivity index (χ2n) is 7.83. The quantitative estimate of drug-likeness (QED) is 0.185. The molecule has 1 aliphatic rings. The maximum atomic E-state index is 12.6. The first kappa shape index (κ1) is 26.4. The molecule has 188 valence electrons. The van der Waals surface area contributed by atoms with Crippen LogP contribution in [0.25, 0.3) is 0 Å². The molecular weight excluding hydrogens is 503 g/mol. The molecule has 10 nitrogen and oxygen atoms in total. The zero-order valence-corrected chi connectivity index (χ0v) is 20.3. The van der Waals surface area contributed by atoms with Gasteiger partial charge in [-0.3, -0.25) is 9.63 Å². The Kier molecular flexibility index (Phi) is 9.39. The van der Waals surface area contributed by atoms with E-state index in [1.54, 1.807) is 18.2 Å². The molecule has 2 aromatic carbocycles. The number of esters is 1. The molecule has 1 unspecified atom stereocenters. The number of anilines is 2. The van der Waals surface area contributed by atoms with Crippen LogP contribution >= 0.6 is 23.2 Å². The number of carbonyl (C=O) groups is 2. The normalized spacial score (nSPS) is 18.1. The van der Waals surface area contributed by atoms with Crippen LogP contribution in [0.15, 0.2) is 42.5 Å². The Labute approximate surface area is 211 Å². The van der Waals surface area contributed by atoms with Crippen molar-refractivity contribution in [2.24, 2.45) is 0 Å². The van der Waals surface area contributed by atoms with Gasteiger partial charge >= 0.3 is 12.1 Å². The predicted octanol–water partition coefficient (Wildman–Crippen LogP) is 5.84. The fourth-order valence-electron chi connectivity index (χ4n) is 3.64. The Bertz CT molecular complexity index is 1040. The lowest BCUT2D eigenvalue weighted by molar-refractivity contribution is -0.777. The molecule has 1 fully saturated rings. The van der Waals surface area contributed by atoms with Crippen molar-refractivity contribution in [3.63, 3.8) is 0 Å². The van der Waals surface area contributed by atoms with Crippen LogP contribution in [0.3, 0.4) is 0 Å². The summed E-state index contributed by atoms with van der Waals surface area (Å²) in [6.45, 7) is 1.21. The molecule has 3 rings (SSSR count). The van der Waals surface area contributed by atoms with Crippen molar-refractivity contribution >= 4 is 46.7 Å². The number of hydrogen-bond acceptors (Lipinski definition) is 9. The molecule has 1 atom stereocenters. The van der Waals surface area contributed by atoms with Gasteiger partial charge < -0.3 is 19.5 Å². The lowest BCUT2D eigenvalue weighted by atomic mass is 9.95. The molecule has 0 aliphatic heterocycles. The first-order valence-corrected chi connectivity index (χ1v) is 11.6. The molecule has 0 bridgehead atoms. The van der Waals surface area contributed by atoms with Gasteiger partial charge in [0.2, 0.25) is 6.29 Å². The van der Waals surface area contributed by atoms with Crippen molar-refractivity contribution in [2.75, 3.05) is 5.32 Å². The van der Waals surface area contributed by atoms with E-state index >= 15 is 0 Å². The highest BCUT2D eigenvalue weighted by atomic mass is 35.5. The molecule has 0 radical (unpaired) electrons. The number of halogens is 2. The molecule has 0 saturated heterocycles. The number of nitrogens with zero attached hydrogens (tertiary/aromatic N) is 1. The van der Waals surface area contributed by atoms with Crippen molar-refractivity contribution in [3.05, 3.63) is 68.2 Å². The number of hydrogen-bond donors (Lipinski definition) is 1. The first-order valence-electron chi connectivity index (χ1n) is 10.9. The summed E-state index contributed by atoms with van der Waals surface area (Å²) in [4.78, 5) is 38.7. The van der Waals surface area contributed by atoms with Gasteiger partial charge in [0.05, 0.1) is 22.2 Å². The minimum atomic E-state index is -1.37. The summed E-state index contributed by atoms with van der Waals surface area (Å²) >= 11 is 12.5. The standard InChI is InChI=1S/C23H24Cl2N2O8/c1-14(35-27(30)31)32-23(29)34-17-11-9-16(10-12-17)33-21(28)13-15-5-2-3-8-20(15)26-22-18(24)6-4-7-19(22)25/h2-8,14,16-17,26H,9-13H2,1H3. The number of ether oxygens (including phenoxy) is 3. The molecule has 1 N–H and O–H groups in total. The SMILES string of the molecule is CC(OC(=O)OC1CCC(OC(=O)Cc2ccccc2Nc2c(Cl)cccc2Cl)CC1)O[N+](=O)[O-]. The summed E-state index contributed by atoms with van der Waals surface area (Å²) in [6, 6.07) is 12.5. The highest BCUT2D eigenvalue weighted by Gasteiger charge is 2.28. The Morgan fingerprint density at radius 1 is 1.03 bits per heavy atom. The topological polar surface area (TPSA) is 126 Å². The maximum absolute atomic E-state index is 12.6. The Balaban J connectivity index is 1.47. The van der Waals surface area contributed by atoms with E-state index in [-0.39, 0.29) is 18.5 Å². The second kappa shape index (κ2) is 12.5. The molecule has 12 heteroatoms. The van der Waals surface area contributed by atoms with Gasteiger partial charge in [-0.25, -0.2) is 4.79 Å². The average molecular weight is 527 g/mol. The van der Waals surface area contributed by atoms with E-state index in [1.165, 1.54) is 6.92 Å². The molecule has 1 aliphatic carbocycles. The van der Waals surface area contributed by atoms with E-state index in [0.29, 0.717) is 47.1 Å².